The van der Waals surface area contributed by atoms with E-state index in [4.69, 9.17) is 58.0 Å². The van der Waals surface area contributed by atoms with Crippen LogP contribution >= 0.6 is 58.0 Å². The van der Waals surface area contributed by atoms with Crippen LogP contribution < -0.4 is 0 Å². The summed E-state index contributed by atoms with van der Waals surface area (Å²) in [6, 6.07) is 2.03. The standard InChI is InChI=1S/C7Cl5NO/c8-3-2(1-13-14)4(9)6(11)7(12)5(3)10. The van der Waals surface area contributed by atoms with Gasteiger partial charge in [0.2, 0.25) is 0 Å². The second kappa shape index (κ2) is 4.65. The van der Waals surface area contributed by atoms with Crippen molar-refractivity contribution in [2.45, 2.75) is 0 Å². The number of nitrogens with zero attached hydrogens (tertiary/aromatic N) is 1. The second-order valence-corrected chi connectivity index (χ2v) is 4.04. The molecule has 0 fully saturated rings. The Morgan fingerprint density at radius 3 is 1.50 bits per heavy atom. The summed E-state index contributed by atoms with van der Waals surface area (Å²) in [6.07, 6.45) is 0. The summed E-state index contributed by atoms with van der Waals surface area (Å²) in [5.74, 6) is 0. The van der Waals surface area contributed by atoms with Crippen molar-refractivity contribution < 1.29 is 0 Å². The predicted molar refractivity (Wildman–Crippen MR) is 61.2 cm³/mol. The lowest BCUT2D eigenvalue weighted by Gasteiger charge is -2.04. The van der Waals surface area contributed by atoms with Crippen molar-refractivity contribution in [2.75, 3.05) is 0 Å². The van der Waals surface area contributed by atoms with Gasteiger partial charge in [-0.3, -0.25) is 0 Å². The van der Waals surface area contributed by atoms with Crippen molar-refractivity contribution in [3.05, 3.63) is 40.9 Å². The number of rotatable bonds is 0. The maximum Gasteiger partial charge on any atom is 0.339 e. The molecule has 0 bridgehead atoms. The molecule has 0 heterocycles. The minimum absolute atomic E-state index is 0.00823. The van der Waals surface area contributed by atoms with E-state index in [2.05, 4.69) is 5.01 Å². The maximum absolute atomic E-state index is 9.99. The topological polar surface area (TPSA) is 27.4 Å². The van der Waals surface area contributed by atoms with E-state index in [9.17, 15) is 5.21 Å². The molecule has 0 aliphatic rings. The highest BCUT2D eigenvalue weighted by Gasteiger charge is 2.20. The lowest BCUT2D eigenvalue weighted by molar-refractivity contribution is 1.63. The minimum atomic E-state index is -0.00864. The van der Waals surface area contributed by atoms with E-state index < -0.39 is 0 Å². The van der Waals surface area contributed by atoms with Crippen molar-refractivity contribution in [3.63, 3.8) is 0 Å². The molecule has 1 aromatic carbocycles. The Bertz CT molecular complexity index is 419. The van der Waals surface area contributed by atoms with Crippen LogP contribution in [0, 0.1) is 11.3 Å². The Balaban J connectivity index is 3.65. The van der Waals surface area contributed by atoms with Gasteiger partial charge in [0.1, 0.15) is 5.56 Å². The zero-order valence-electron chi connectivity index (χ0n) is 6.25. The van der Waals surface area contributed by atoms with Crippen LogP contribution in [-0.2, 0) is 0 Å². The van der Waals surface area contributed by atoms with Crippen LogP contribution in [-0.4, -0.2) is 0 Å². The summed E-state index contributed by atoms with van der Waals surface area (Å²) in [4.78, 5) is 0. The fourth-order valence-corrected chi connectivity index (χ4v) is 1.97. The molecule has 0 N–H and O–H groups in total. The predicted octanol–water partition coefficient (Wildman–Crippen LogP) is 5.13. The molecule has 0 unspecified atom stereocenters. The Morgan fingerprint density at radius 2 is 1.14 bits per heavy atom. The third-order valence-electron chi connectivity index (χ3n) is 1.37. The molecular weight excluding hydrogens is 291 g/mol. The lowest BCUT2D eigenvalue weighted by atomic mass is 10.2. The van der Waals surface area contributed by atoms with E-state index in [1.54, 1.807) is 0 Å². The van der Waals surface area contributed by atoms with Crippen molar-refractivity contribution in [1.29, 1.82) is 0 Å². The smallest absolute Gasteiger partial charge is 0.339 e. The highest BCUT2D eigenvalue weighted by Crippen LogP contribution is 2.43. The third-order valence-corrected chi connectivity index (χ3v) is 3.64. The maximum atomic E-state index is 9.99. The molecule has 2 nitrogen and oxygen atoms in total. The van der Waals surface area contributed by atoms with E-state index in [1.807, 2.05) is 6.07 Å². The molecule has 0 atom stereocenters. The van der Waals surface area contributed by atoms with Gasteiger partial charge in [-0.1, -0.05) is 58.0 Å². The van der Waals surface area contributed by atoms with Gasteiger partial charge < -0.3 is 5.21 Å². The summed E-state index contributed by atoms with van der Waals surface area (Å²) in [7, 11) is 0. The Labute approximate surface area is 105 Å². The monoisotopic (exact) mass is 289 g/mol. The van der Waals surface area contributed by atoms with E-state index in [-0.39, 0.29) is 30.7 Å². The van der Waals surface area contributed by atoms with Crippen LogP contribution in [0.4, 0.5) is 0 Å². The van der Waals surface area contributed by atoms with Crippen LogP contribution in [0.2, 0.25) is 25.1 Å². The summed E-state index contributed by atoms with van der Waals surface area (Å²) >= 11 is 28.6. The zero-order chi connectivity index (χ0) is 10.9. The first-order chi connectivity index (χ1) is 6.50. The normalized spacial score (nSPS) is 9.50. The highest BCUT2D eigenvalue weighted by atomic mass is 35.5. The van der Waals surface area contributed by atoms with Gasteiger partial charge in [-0.2, -0.15) is 0 Å². The third kappa shape index (κ3) is 1.98. The first kappa shape index (κ1) is 12.0. The first-order valence-electron chi connectivity index (χ1n) is 3.10. The van der Waals surface area contributed by atoms with Gasteiger partial charge in [-0.25, -0.2) is 0 Å². The fourth-order valence-electron chi connectivity index (χ4n) is 0.749. The van der Waals surface area contributed by atoms with Crippen molar-refractivity contribution in [1.82, 2.24) is 0 Å². The molecule has 0 saturated carbocycles. The first-order valence-corrected chi connectivity index (χ1v) is 4.99. The molecule has 0 spiro atoms. The Kier molecular flexibility index (Phi) is 4.00. The average Bonchev–Trinajstić information content (AvgIpc) is 2.19. The summed E-state index contributed by atoms with van der Waals surface area (Å²) in [6.45, 7) is 0. The molecule has 0 amide bonds. The molecule has 0 aliphatic heterocycles. The van der Waals surface area contributed by atoms with Crippen molar-refractivity contribution in [2.24, 2.45) is 0 Å². The van der Waals surface area contributed by atoms with Gasteiger partial charge in [0, 0.05) is 5.01 Å². The Morgan fingerprint density at radius 1 is 0.786 bits per heavy atom. The molecule has 74 valence electrons. The molecule has 0 aliphatic carbocycles. The largest absolute Gasteiger partial charge is 0.498 e. The average molecular weight is 291 g/mol. The van der Waals surface area contributed by atoms with Gasteiger partial charge in [0.15, 0.2) is 0 Å². The number of halogens is 5. The number of hydrogen-bond donors (Lipinski definition) is 0. The van der Waals surface area contributed by atoms with Crippen LogP contribution in [0.15, 0.2) is 0 Å². The van der Waals surface area contributed by atoms with Crippen LogP contribution in [0.3, 0.4) is 0 Å². The second-order valence-electron chi connectivity index (χ2n) is 2.15. The number of benzene rings is 1. The Hall–Kier alpha value is -0.0400. The molecule has 0 saturated heterocycles. The number of hydrogen-bond acceptors (Lipinski definition) is 1. The minimum Gasteiger partial charge on any atom is -0.498 e. The van der Waals surface area contributed by atoms with Gasteiger partial charge >= 0.3 is 6.07 Å². The van der Waals surface area contributed by atoms with E-state index in [0.717, 1.165) is 0 Å². The van der Waals surface area contributed by atoms with Gasteiger partial charge in [0.05, 0.1) is 25.1 Å². The molecule has 1 rings (SSSR count). The van der Waals surface area contributed by atoms with E-state index >= 15 is 0 Å². The van der Waals surface area contributed by atoms with Crippen LogP contribution in [0.1, 0.15) is 5.56 Å². The van der Waals surface area contributed by atoms with Gasteiger partial charge in [-0.15, -0.1) is 0 Å². The van der Waals surface area contributed by atoms with Gasteiger partial charge in [0.25, 0.3) is 0 Å². The lowest BCUT2D eigenvalue weighted by Crippen LogP contribution is -1.85. The van der Waals surface area contributed by atoms with Crippen LogP contribution in [0.5, 0.6) is 0 Å². The van der Waals surface area contributed by atoms with Crippen molar-refractivity contribution >= 4 is 58.0 Å². The summed E-state index contributed by atoms with van der Waals surface area (Å²) < 4.78 is 0. The highest BCUT2D eigenvalue weighted by molar-refractivity contribution is 6.55. The SMILES string of the molecule is [O-][N+]#Cc1c(Cl)c(Cl)c(Cl)c(Cl)c1Cl. The van der Waals surface area contributed by atoms with Gasteiger partial charge in [-0.05, 0) is 0 Å². The quantitative estimate of drug-likeness (QED) is 0.370. The fraction of sp³-hybridized carbons (Fsp3) is 0. The molecule has 0 aromatic heterocycles. The molecule has 1 aromatic rings. The van der Waals surface area contributed by atoms with Crippen molar-refractivity contribution in [3.8, 4) is 6.07 Å². The molecule has 14 heavy (non-hydrogen) atoms. The summed E-state index contributed by atoms with van der Waals surface area (Å²) in [5.41, 5.74) is 0.0303. The summed E-state index contributed by atoms with van der Waals surface area (Å²) in [5, 5.41) is 12.4. The van der Waals surface area contributed by atoms with E-state index in [1.165, 1.54) is 0 Å². The molecular formula is C7Cl5NO. The zero-order valence-corrected chi connectivity index (χ0v) is 10.0. The van der Waals surface area contributed by atoms with Crippen LogP contribution in [0.25, 0.3) is 5.01 Å². The van der Waals surface area contributed by atoms with E-state index in [0.29, 0.717) is 0 Å². The molecule has 0 radical (unpaired) electrons. The molecule has 7 heteroatoms.